The van der Waals surface area contributed by atoms with E-state index in [0.717, 1.165) is 37.0 Å². The van der Waals surface area contributed by atoms with Crippen molar-refractivity contribution < 1.29 is 9.47 Å². The smallest absolute Gasteiger partial charge is 0.191 e. The fourth-order valence-electron chi connectivity index (χ4n) is 2.96. The van der Waals surface area contributed by atoms with Gasteiger partial charge in [-0.1, -0.05) is 24.3 Å². The predicted octanol–water partition coefficient (Wildman–Crippen LogP) is 3.33. The van der Waals surface area contributed by atoms with Crippen molar-refractivity contribution >= 4 is 29.9 Å². The normalized spacial score (nSPS) is 12.1. The van der Waals surface area contributed by atoms with Gasteiger partial charge in [0.1, 0.15) is 11.5 Å². The average molecular weight is 512 g/mol. The lowest BCUT2D eigenvalue weighted by Gasteiger charge is -2.26. The summed E-state index contributed by atoms with van der Waals surface area (Å²) in [4.78, 5) is 6.53. The fourth-order valence-corrected chi connectivity index (χ4v) is 2.96. The van der Waals surface area contributed by atoms with Gasteiger partial charge in [-0.25, -0.2) is 0 Å². The third kappa shape index (κ3) is 8.10. The van der Waals surface area contributed by atoms with Crippen LogP contribution < -0.4 is 20.1 Å². The summed E-state index contributed by atoms with van der Waals surface area (Å²) in [6.07, 6.45) is 0.917. The molecule has 0 aliphatic rings. The first-order valence-electron chi connectivity index (χ1n) is 9.45. The van der Waals surface area contributed by atoms with Crippen LogP contribution in [0.1, 0.15) is 17.2 Å². The van der Waals surface area contributed by atoms with E-state index in [0.29, 0.717) is 0 Å². The van der Waals surface area contributed by atoms with Crippen molar-refractivity contribution in [3.05, 3.63) is 59.7 Å². The summed E-state index contributed by atoms with van der Waals surface area (Å²) >= 11 is 0. The zero-order chi connectivity index (χ0) is 20.4. The van der Waals surface area contributed by atoms with Crippen molar-refractivity contribution in [1.29, 1.82) is 0 Å². The summed E-state index contributed by atoms with van der Waals surface area (Å²) in [5, 5.41) is 6.81. The Kier molecular flexibility index (Phi) is 11.5. The number of aliphatic imine (C=N–C) groups is 1. The third-order valence-electron chi connectivity index (χ3n) is 4.68. The lowest BCUT2D eigenvalue weighted by molar-refractivity contribution is 0.298. The van der Waals surface area contributed by atoms with Crippen molar-refractivity contribution in [2.45, 2.75) is 12.5 Å². The van der Waals surface area contributed by atoms with Crippen molar-refractivity contribution in [1.82, 2.24) is 15.5 Å². The van der Waals surface area contributed by atoms with Crippen LogP contribution >= 0.6 is 24.0 Å². The summed E-state index contributed by atoms with van der Waals surface area (Å²) in [7, 11) is 9.31. The van der Waals surface area contributed by atoms with Crippen molar-refractivity contribution in [2.24, 2.45) is 4.99 Å². The number of guanidine groups is 1. The minimum Gasteiger partial charge on any atom is -0.497 e. The molecule has 1 unspecified atom stereocenters. The zero-order valence-electron chi connectivity index (χ0n) is 17.9. The molecule has 0 spiro atoms. The highest BCUT2D eigenvalue weighted by molar-refractivity contribution is 14.0. The Hall–Kier alpha value is -2.00. The predicted molar refractivity (Wildman–Crippen MR) is 131 cm³/mol. The number of likely N-dealkylation sites (N-methyl/N-ethyl adjacent to an activating group) is 1. The van der Waals surface area contributed by atoms with Crippen LogP contribution in [0, 0.1) is 0 Å². The van der Waals surface area contributed by atoms with E-state index < -0.39 is 0 Å². The molecule has 0 aliphatic heterocycles. The van der Waals surface area contributed by atoms with Crippen LogP contribution in [0.4, 0.5) is 0 Å². The number of methoxy groups -OCH3 is 2. The van der Waals surface area contributed by atoms with Crippen molar-refractivity contribution in [3.8, 4) is 11.5 Å². The van der Waals surface area contributed by atoms with E-state index in [9.17, 15) is 0 Å². The molecular formula is C22H33IN4O2. The second-order valence-corrected chi connectivity index (χ2v) is 6.73. The molecule has 0 heterocycles. The molecule has 0 fully saturated rings. The van der Waals surface area contributed by atoms with Crippen LogP contribution in [-0.4, -0.2) is 59.3 Å². The van der Waals surface area contributed by atoms with Gasteiger partial charge in [0.25, 0.3) is 0 Å². The van der Waals surface area contributed by atoms with Gasteiger partial charge in [0.05, 0.1) is 20.3 Å². The molecule has 1 atom stereocenters. The van der Waals surface area contributed by atoms with Crippen LogP contribution in [0.3, 0.4) is 0 Å². The second-order valence-electron chi connectivity index (χ2n) is 6.73. The Labute approximate surface area is 191 Å². The molecule has 2 N–H and O–H groups in total. The quantitative estimate of drug-likeness (QED) is 0.307. The molecule has 6 nitrogen and oxygen atoms in total. The first-order chi connectivity index (χ1) is 13.6. The number of halogens is 1. The minimum atomic E-state index is 0. The van der Waals surface area contributed by atoms with Crippen LogP contribution in [0.5, 0.6) is 11.5 Å². The van der Waals surface area contributed by atoms with Gasteiger partial charge in [-0.2, -0.15) is 0 Å². The lowest BCUT2D eigenvalue weighted by Crippen LogP contribution is -2.42. The molecule has 0 radical (unpaired) electrons. The van der Waals surface area contributed by atoms with Gasteiger partial charge >= 0.3 is 0 Å². The van der Waals surface area contributed by atoms with E-state index in [-0.39, 0.29) is 30.0 Å². The number of ether oxygens (including phenoxy) is 2. The van der Waals surface area contributed by atoms with Crippen molar-refractivity contribution in [2.75, 3.05) is 48.5 Å². The zero-order valence-corrected chi connectivity index (χ0v) is 20.3. The molecule has 29 heavy (non-hydrogen) atoms. The van der Waals surface area contributed by atoms with Gasteiger partial charge in [-0.3, -0.25) is 4.99 Å². The molecule has 2 aromatic rings. The molecule has 2 rings (SSSR count). The molecule has 0 bridgehead atoms. The van der Waals surface area contributed by atoms with E-state index in [1.54, 1.807) is 21.3 Å². The molecule has 0 amide bonds. The SMILES string of the molecule is CN=C(NCCc1ccc(OC)cc1)NCC(c1ccc(OC)cc1)N(C)C.I. The summed E-state index contributed by atoms with van der Waals surface area (Å²) in [6.45, 7) is 1.56. The maximum Gasteiger partial charge on any atom is 0.191 e. The fraction of sp³-hybridized carbons (Fsp3) is 0.409. The van der Waals surface area contributed by atoms with Crippen molar-refractivity contribution in [3.63, 3.8) is 0 Å². The molecular weight excluding hydrogens is 479 g/mol. The lowest BCUT2D eigenvalue weighted by atomic mass is 10.1. The molecule has 160 valence electrons. The second kappa shape index (κ2) is 13.3. The summed E-state index contributed by atoms with van der Waals surface area (Å²) in [5.74, 6) is 2.54. The number of hydrogen-bond donors (Lipinski definition) is 2. The Morgan fingerprint density at radius 3 is 1.97 bits per heavy atom. The van der Waals surface area contributed by atoms with Gasteiger partial charge < -0.3 is 25.0 Å². The topological polar surface area (TPSA) is 58.1 Å². The first-order valence-corrected chi connectivity index (χ1v) is 9.45. The highest BCUT2D eigenvalue weighted by Crippen LogP contribution is 2.20. The highest BCUT2D eigenvalue weighted by atomic mass is 127. The number of nitrogens with one attached hydrogen (secondary N) is 2. The van der Waals surface area contributed by atoms with Crippen LogP contribution in [0.25, 0.3) is 0 Å². The molecule has 0 saturated heterocycles. The average Bonchev–Trinajstić information content (AvgIpc) is 2.73. The monoisotopic (exact) mass is 512 g/mol. The molecule has 0 aliphatic carbocycles. The van der Waals surface area contributed by atoms with E-state index in [1.807, 2.05) is 24.3 Å². The number of benzene rings is 2. The van der Waals surface area contributed by atoms with Gasteiger partial charge in [-0.15, -0.1) is 24.0 Å². The highest BCUT2D eigenvalue weighted by Gasteiger charge is 2.14. The first kappa shape index (κ1) is 25.0. The minimum absolute atomic E-state index is 0. The van der Waals surface area contributed by atoms with Gasteiger partial charge in [-0.05, 0) is 55.9 Å². The summed E-state index contributed by atoms with van der Waals surface area (Å²) < 4.78 is 10.4. The Bertz CT molecular complexity index is 733. The summed E-state index contributed by atoms with van der Waals surface area (Å²) in [5.41, 5.74) is 2.49. The Morgan fingerprint density at radius 2 is 1.48 bits per heavy atom. The van der Waals surface area contributed by atoms with Crippen LogP contribution in [-0.2, 0) is 6.42 Å². The molecule has 0 aromatic heterocycles. The van der Waals surface area contributed by atoms with E-state index in [4.69, 9.17) is 9.47 Å². The van der Waals surface area contributed by atoms with Gasteiger partial charge in [0.15, 0.2) is 5.96 Å². The standard InChI is InChI=1S/C22H32N4O2.HI/c1-23-22(24-15-14-17-6-10-19(27-4)11-7-17)25-16-21(26(2)3)18-8-12-20(28-5)13-9-18;/h6-13,21H,14-16H2,1-5H3,(H2,23,24,25);1H. The largest absolute Gasteiger partial charge is 0.497 e. The van der Waals surface area contributed by atoms with Gasteiger partial charge in [0, 0.05) is 20.1 Å². The molecule has 0 saturated carbocycles. The number of rotatable bonds is 9. The number of hydrogen-bond acceptors (Lipinski definition) is 4. The van der Waals surface area contributed by atoms with E-state index >= 15 is 0 Å². The van der Waals surface area contributed by atoms with E-state index in [1.165, 1.54) is 11.1 Å². The number of nitrogens with zero attached hydrogens (tertiary/aromatic N) is 2. The van der Waals surface area contributed by atoms with Gasteiger partial charge in [0.2, 0.25) is 0 Å². The van der Waals surface area contributed by atoms with E-state index in [2.05, 4.69) is 58.9 Å². The maximum absolute atomic E-state index is 5.25. The van der Waals surface area contributed by atoms with Crippen LogP contribution in [0.2, 0.25) is 0 Å². The van der Waals surface area contributed by atoms with Crippen LogP contribution in [0.15, 0.2) is 53.5 Å². The third-order valence-corrected chi connectivity index (χ3v) is 4.68. The maximum atomic E-state index is 5.25. The Morgan fingerprint density at radius 1 is 0.931 bits per heavy atom. The Balaban J connectivity index is 0.00000420. The molecule has 7 heteroatoms. The summed E-state index contributed by atoms with van der Waals surface area (Å²) in [6, 6.07) is 16.6. The molecule has 2 aromatic carbocycles.